The molecule has 0 saturated heterocycles. The molecule has 0 saturated carbocycles. The average Bonchev–Trinajstić information content (AvgIpc) is 3.28. The van der Waals surface area contributed by atoms with Crippen LogP contribution in [0.1, 0.15) is 81.0 Å². The van der Waals surface area contributed by atoms with Crippen LogP contribution in [0.2, 0.25) is 0 Å². The molecule has 2 radical (unpaired) electrons. The van der Waals surface area contributed by atoms with Crippen molar-refractivity contribution < 1.29 is 110 Å². The quantitative estimate of drug-likeness (QED) is 0.0511. The molecule has 0 amide bonds. The smallest absolute Gasteiger partial charge is 0.294 e. The van der Waals surface area contributed by atoms with Crippen LogP contribution in [-0.4, -0.2) is 37.3 Å². The van der Waals surface area contributed by atoms with Gasteiger partial charge in [0.2, 0.25) is 0 Å². The van der Waals surface area contributed by atoms with Gasteiger partial charge in [0.15, 0.2) is 0 Å². The first kappa shape index (κ1) is 52.8. The summed E-state index contributed by atoms with van der Waals surface area (Å²) in [6.07, 6.45) is 4.86. The second kappa shape index (κ2) is 22.0. The molecule has 2 N–H and O–H groups in total. The zero-order valence-corrected chi connectivity index (χ0v) is 46.1. The molecule has 340 valence electrons. The zero-order chi connectivity index (χ0) is 45.3. The maximum Gasteiger partial charge on any atom is 0.294 e. The van der Waals surface area contributed by atoms with E-state index >= 15 is 9.13 Å². The van der Waals surface area contributed by atoms with E-state index in [1.54, 1.807) is 42.5 Å². The first-order valence-corrected chi connectivity index (χ1v) is 28.1. The van der Waals surface area contributed by atoms with Crippen molar-refractivity contribution in [3.8, 4) is 33.8 Å². The number of aryl methyl sites for hydroxylation is 1. The Kier molecular flexibility index (Phi) is 17.6. The SMILES string of the molecule is CCCCCc1ccc(Cc2ccc(CC(CCCC(CC)P3(=O)Oc4ccccc4-c4ccccc43)P3(=O)Oc4ccccc4-c4ccccc43)c(S(=O)(=O)O)c2)cc1S(=O)(=O)O.[Y].[Y]. The Balaban J connectivity index is 0.00000360. The number of fused-ring (bicyclic) bond motifs is 6. The molecule has 2 aliphatic heterocycles. The van der Waals surface area contributed by atoms with Crippen LogP contribution in [0.4, 0.5) is 0 Å². The Labute approximate surface area is 439 Å². The molecule has 2 aliphatic rings. The molecular weight excluding hydrogens is 1060 g/mol. The normalized spacial score (nSPS) is 18.1. The molecule has 4 unspecified atom stereocenters. The van der Waals surface area contributed by atoms with Gasteiger partial charge in [-0.3, -0.25) is 18.2 Å². The number of benzene rings is 6. The molecule has 2 heterocycles. The van der Waals surface area contributed by atoms with Crippen molar-refractivity contribution >= 4 is 45.6 Å². The number of hydrogen-bond acceptors (Lipinski definition) is 8. The minimum atomic E-state index is -4.84. The molecule has 16 heteroatoms. The van der Waals surface area contributed by atoms with E-state index in [-0.39, 0.29) is 106 Å². The van der Waals surface area contributed by atoms with E-state index in [9.17, 15) is 25.9 Å². The van der Waals surface area contributed by atoms with Crippen LogP contribution in [0.3, 0.4) is 0 Å². The molecule has 0 aliphatic carbocycles. The number of unbranched alkanes of at least 4 members (excludes halogenated alkanes) is 2. The molecule has 6 aromatic rings. The summed E-state index contributed by atoms with van der Waals surface area (Å²) >= 11 is 0. The summed E-state index contributed by atoms with van der Waals surface area (Å²) in [6, 6.07) is 39.4. The Morgan fingerprint density at radius 1 is 0.530 bits per heavy atom. The fraction of sp³-hybridized carbons (Fsp3) is 0.280. The Hall–Kier alpha value is -2.59. The summed E-state index contributed by atoms with van der Waals surface area (Å²) in [5.41, 5.74) is 3.85. The largest absolute Gasteiger partial charge is 0.439 e. The van der Waals surface area contributed by atoms with Gasteiger partial charge in [-0.1, -0.05) is 130 Å². The van der Waals surface area contributed by atoms with Gasteiger partial charge in [0.1, 0.15) is 11.5 Å². The van der Waals surface area contributed by atoms with E-state index in [2.05, 4.69) is 0 Å². The van der Waals surface area contributed by atoms with Gasteiger partial charge in [-0.15, -0.1) is 0 Å². The van der Waals surface area contributed by atoms with Gasteiger partial charge in [0, 0.05) is 76.5 Å². The second-order valence-electron chi connectivity index (χ2n) is 16.7. The standard InChI is InChI=1S/C50H52O10P2S2.2Y/c1-3-5-6-16-37-29-27-35(32-49(37)63(53,54)55)31-36-28-30-38(50(33-36)64(56,57)58)34-40(62(52)48-26-14-10-22-44(48)42-20-8-12-24-46(42)60-62)18-15-17-39(4-2)61(51)47-25-13-9-21-43(47)41-19-7-11-23-45(41)59-61;;/h7-14,19-30,32-33,39-40H,3-6,15-18,31,34H2,1-2H3,(H,53,54,55)(H,56,57,58);;. The van der Waals surface area contributed by atoms with Crippen molar-refractivity contribution in [3.05, 3.63) is 156 Å². The van der Waals surface area contributed by atoms with Crippen LogP contribution < -0.4 is 19.7 Å². The van der Waals surface area contributed by atoms with E-state index in [0.29, 0.717) is 64.5 Å². The second-order valence-corrected chi connectivity index (χ2v) is 24.7. The third kappa shape index (κ3) is 11.0. The van der Waals surface area contributed by atoms with Crippen LogP contribution in [-0.2, 0) is 114 Å². The summed E-state index contributed by atoms with van der Waals surface area (Å²) in [5, 5.41) is 1.18. The van der Waals surface area contributed by atoms with Crippen LogP contribution in [0.5, 0.6) is 11.5 Å². The molecule has 6 aromatic carbocycles. The van der Waals surface area contributed by atoms with Crippen molar-refractivity contribution in [1.82, 2.24) is 0 Å². The zero-order valence-electron chi connectivity index (χ0n) is 37.0. The summed E-state index contributed by atoms with van der Waals surface area (Å²) in [5.74, 6) is 1.01. The van der Waals surface area contributed by atoms with Crippen molar-refractivity contribution in [2.75, 3.05) is 0 Å². The molecule has 0 fully saturated rings. The van der Waals surface area contributed by atoms with Gasteiger partial charge in [0.05, 0.1) is 31.7 Å². The average molecular weight is 1120 g/mol. The maximum atomic E-state index is 15.8. The Morgan fingerprint density at radius 2 is 0.970 bits per heavy atom. The third-order valence-corrected chi connectivity index (χ3v) is 20.5. The van der Waals surface area contributed by atoms with Gasteiger partial charge >= 0.3 is 0 Å². The molecule has 10 nitrogen and oxygen atoms in total. The van der Waals surface area contributed by atoms with Crippen molar-refractivity contribution in [2.24, 2.45) is 0 Å². The van der Waals surface area contributed by atoms with Gasteiger partial charge in [0.25, 0.3) is 35.0 Å². The van der Waals surface area contributed by atoms with E-state index in [0.717, 1.165) is 41.5 Å². The van der Waals surface area contributed by atoms with Crippen LogP contribution >= 0.6 is 14.7 Å². The van der Waals surface area contributed by atoms with E-state index in [1.807, 2.05) is 92.7 Å². The summed E-state index contributed by atoms with van der Waals surface area (Å²) in [4.78, 5) is -0.547. The predicted octanol–water partition coefficient (Wildman–Crippen LogP) is 11.7. The fourth-order valence-electron chi connectivity index (χ4n) is 9.34. The Morgan fingerprint density at radius 3 is 1.47 bits per heavy atom. The van der Waals surface area contributed by atoms with Gasteiger partial charge in [-0.25, -0.2) is 0 Å². The predicted molar refractivity (Wildman–Crippen MR) is 253 cm³/mol. The van der Waals surface area contributed by atoms with Crippen molar-refractivity contribution in [3.63, 3.8) is 0 Å². The molecule has 0 bridgehead atoms. The first-order chi connectivity index (χ1) is 30.6. The molecule has 4 atom stereocenters. The first-order valence-electron chi connectivity index (χ1n) is 21.8. The monoisotopic (exact) mass is 1120 g/mol. The number of rotatable bonds is 17. The minimum absolute atomic E-state index is 0. The van der Waals surface area contributed by atoms with E-state index in [4.69, 9.17) is 9.05 Å². The molecule has 0 aromatic heterocycles. The van der Waals surface area contributed by atoms with E-state index < -0.39 is 40.6 Å². The topological polar surface area (TPSA) is 161 Å². The molecule has 8 rings (SSSR count). The minimum Gasteiger partial charge on any atom is -0.439 e. The fourth-order valence-corrected chi connectivity index (χ4v) is 16.7. The van der Waals surface area contributed by atoms with Gasteiger partial charge in [-0.05, 0) is 115 Å². The third-order valence-electron chi connectivity index (χ3n) is 12.5. The van der Waals surface area contributed by atoms with Crippen LogP contribution in [0.15, 0.2) is 143 Å². The Bertz CT molecular complexity index is 3050. The molecular formula is C50H52O10P2S2Y2. The number of para-hydroxylation sites is 2. The number of hydrogen-bond donors (Lipinski definition) is 2. The van der Waals surface area contributed by atoms with Crippen molar-refractivity contribution in [1.29, 1.82) is 0 Å². The van der Waals surface area contributed by atoms with Gasteiger partial charge < -0.3 is 9.05 Å². The summed E-state index contributed by atoms with van der Waals surface area (Å²) in [6.45, 7) is 4.03. The molecule has 66 heavy (non-hydrogen) atoms. The van der Waals surface area contributed by atoms with Crippen LogP contribution in [0.25, 0.3) is 22.3 Å². The molecule has 0 spiro atoms. The van der Waals surface area contributed by atoms with Gasteiger partial charge in [-0.2, -0.15) is 16.8 Å². The van der Waals surface area contributed by atoms with E-state index in [1.165, 1.54) is 12.1 Å². The maximum absolute atomic E-state index is 15.8. The van der Waals surface area contributed by atoms with Crippen LogP contribution in [0, 0.1) is 0 Å². The summed E-state index contributed by atoms with van der Waals surface area (Å²) < 4.78 is 116. The van der Waals surface area contributed by atoms with Crippen molar-refractivity contribution in [2.45, 2.75) is 99.2 Å². The summed E-state index contributed by atoms with van der Waals surface area (Å²) in [7, 11) is -16.7.